The van der Waals surface area contributed by atoms with Crippen molar-refractivity contribution in [3.63, 3.8) is 0 Å². The maximum absolute atomic E-state index is 12.0. The lowest BCUT2D eigenvalue weighted by Crippen LogP contribution is -2.47. The molecular formula is C15H25F3N2O6S2. The zero-order valence-corrected chi connectivity index (χ0v) is 17.3. The van der Waals surface area contributed by atoms with E-state index >= 15 is 0 Å². The van der Waals surface area contributed by atoms with Crippen molar-refractivity contribution in [2.24, 2.45) is 5.92 Å². The van der Waals surface area contributed by atoms with E-state index in [0.717, 1.165) is 0 Å². The molecule has 2 amide bonds. The van der Waals surface area contributed by atoms with E-state index < -0.39 is 24.2 Å². The Morgan fingerprint density at radius 1 is 1.04 bits per heavy atom. The van der Waals surface area contributed by atoms with Crippen LogP contribution in [0.25, 0.3) is 0 Å². The minimum Gasteiger partial charge on any atom is -0.481 e. The molecule has 0 unspecified atom stereocenters. The Morgan fingerprint density at radius 2 is 1.54 bits per heavy atom. The molecule has 0 heterocycles. The van der Waals surface area contributed by atoms with Crippen LogP contribution in [0.15, 0.2) is 0 Å². The van der Waals surface area contributed by atoms with Crippen LogP contribution < -0.4 is 10.6 Å². The van der Waals surface area contributed by atoms with Crippen LogP contribution >= 0.6 is 21.6 Å². The average Bonchev–Trinajstić information content (AvgIpc) is 2.51. The van der Waals surface area contributed by atoms with Crippen molar-refractivity contribution in [2.45, 2.75) is 45.8 Å². The third kappa shape index (κ3) is 19.1. The molecule has 0 radical (unpaired) electrons. The molecular weight excluding hydrogens is 425 g/mol. The van der Waals surface area contributed by atoms with Crippen molar-refractivity contribution in [3.05, 3.63) is 0 Å². The molecule has 0 spiro atoms. The number of aliphatic carboxylic acids is 2. The number of carboxylic acid groups (broad SMARTS) is 2. The number of carbonyl (C=O) groups excluding carboxylic acids is 2. The third-order valence-corrected chi connectivity index (χ3v) is 5.02. The minimum absolute atomic E-state index is 0.142. The number of nitrogens with one attached hydrogen (secondary N) is 2. The normalized spacial score (nSPS) is 11.8. The first-order chi connectivity index (χ1) is 12.8. The molecule has 0 rings (SSSR count). The van der Waals surface area contributed by atoms with E-state index in [1.165, 1.54) is 28.5 Å². The molecule has 0 aromatic heterocycles. The summed E-state index contributed by atoms with van der Waals surface area (Å²) in [6, 6.07) is -0.493. The van der Waals surface area contributed by atoms with E-state index in [-0.39, 0.29) is 18.2 Å². The fraction of sp³-hybridized carbons (Fsp3) is 0.733. The number of amides is 2. The van der Waals surface area contributed by atoms with E-state index in [4.69, 9.17) is 15.0 Å². The smallest absolute Gasteiger partial charge is 0.481 e. The van der Waals surface area contributed by atoms with Crippen LogP contribution in [0.3, 0.4) is 0 Å². The van der Waals surface area contributed by atoms with Crippen LogP contribution in [0.5, 0.6) is 0 Å². The summed E-state index contributed by atoms with van der Waals surface area (Å²) in [4.78, 5) is 42.3. The molecule has 0 saturated heterocycles. The van der Waals surface area contributed by atoms with E-state index in [2.05, 4.69) is 10.6 Å². The summed E-state index contributed by atoms with van der Waals surface area (Å²) >= 11 is 0. The van der Waals surface area contributed by atoms with E-state index in [0.29, 0.717) is 30.4 Å². The van der Waals surface area contributed by atoms with Gasteiger partial charge in [0.1, 0.15) is 6.04 Å². The number of hydrogen-bond acceptors (Lipinski definition) is 6. The van der Waals surface area contributed by atoms with Gasteiger partial charge in [-0.25, -0.2) is 4.79 Å². The summed E-state index contributed by atoms with van der Waals surface area (Å²) in [7, 11) is 3.01. The van der Waals surface area contributed by atoms with Crippen molar-refractivity contribution >= 4 is 45.3 Å². The summed E-state index contributed by atoms with van der Waals surface area (Å²) < 4.78 is 31.7. The number of carboxylic acids is 2. The molecule has 0 aliphatic rings. The van der Waals surface area contributed by atoms with E-state index in [9.17, 15) is 27.6 Å². The average molecular weight is 451 g/mol. The van der Waals surface area contributed by atoms with Crippen molar-refractivity contribution in [3.8, 4) is 0 Å². The Kier molecular flexibility index (Phi) is 15.6. The second-order valence-corrected chi connectivity index (χ2v) is 8.47. The Morgan fingerprint density at radius 3 is 1.93 bits per heavy atom. The van der Waals surface area contributed by atoms with Gasteiger partial charge in [-0.3, -0.25) is 14.4 Å². The number of carbonyl (C=O) groups is 4. The van der Waals surface area contributed by atoms with Crippen molar-refractivity contribution in [1.82, 2.24) is 10.6 Å². The molecule has 0 aliphatic carbocycles. The van der Waals surface area contributed by atoms with Crippen LogP contribution in [0.2, 0.25) is 0 Å². The van der Waals surface area contributed by atoms with Crippen LogP contribution in [-0.4, -0.2) is 64.2 Å². The van der Waals surface area contributed by atoms with Crippen molar-refractivity contribution < 1.29 is 42.6 Å². The number of hydrogen-bond donors (Lipinski definition) is 4. The summed E-state index contributed by atoms with van der Waals surface area (Å²) in [5.41, 5.74) is 0. The van der Waals surface area contributed by atoms with E-state index in [1.807, 2.05) is 13.8 Å². The highest BCUT2D eigenvalue weighted by Crippen LogP contribution is 2.21. The van der Waals surface area contributed by atoms with Gasteiger partial charge in [-0.05, 0) is 12.3 Å². The lowest BCUT2D eigenvalue weighted by atomic mass is 10.0. The van der Waals surface area contributed by atoms with Gasteiger partial charge in [-0.2, -0.15) is 13.2 Å². The fourth-order valence-electron chi connectivity index (χ4n) is 1.53. The minimum atomic E-state index is -5.08. The first-order valence-corrected chi connectivity index (χ1v) is 10.6. The van der Waals surface area contributed by atoms with Gasteiger partial charge < -0.3 is 20.8 Å². The van der Waals surface area contributed by atoms with Crippen molar-refractivity contribution in [2.75, 3.05) is 18.1 Å². The SMILES string of the molecule is CC(=O)N[C@@H](CC(C)C)C(=O)NCCSSCCC(=O)O.O=C(O)C(F)(F)F. The molecule has 164 valence electrons. The molecule has 28 heavy (non-hydrogen) atoms. The van der Waals surface area contributed by atoms with Crippen LogP contribution in [0.1, 0.15) is 33.6 Å². The third-order valence-electron chi connectivity index (χ3n) is 2.61. The van der Waals surface area contributed by atoms with Gasteiger partial charge in [-0.15, -0.1) is 0 Å². The molecule has 8 nitrogen and oxygen atoms in total. The van der Waals surface area contributed by atoms with Gasteiger partial charge in [-0.1, -0.05) is 35.4 Å². The second-order valence-electron chi connectivity index (χ2n) is 5.76. The standard InChI is InChI=1S/C13H24N2O4S2.C2HF3O2/c1-9(2)8-11(15-10(3)16)13(19)14-5-7-21-20-6-4-12(17)18;3-2(4,5)1(6)7/h9,11H,4-8H2,1-3H3,(H,14,19)(H,15,16)(H,17,18);(H,6,7)/t11-;/m0./s1. The molecule has 4 N–H and O–H groups in total. The Labute approximate surface area is 168 Å². The predicted octanol–water partition coefficient (Wildman–Crippen LogP) is 2.14. The van der Waals surface area contributed by atoms with Gasteiger partial charge in [0.2, 0.25) is 11.8 Å². The molecule has 13 heteroatoms. The molecule has 0 saturated carbocycles. The summed E-state index contributed by atoms with van der Waals surface area (Å²) in [6.07, 6.45) is -4.34. The Hall–Kier alpha value is -1.63. The molecule has 0 fully saturated rings. The maximum atomic E-state index is 12.0. The fourth-order valence-corrected chi connectivity index (χ4v) is 3.42. The van der Waals surface area contributed by atoms with Crippen LogP contribution in [0, 0.1) is 5.92 Å². The first-order valence-electron chi connectivity index (χ1n) is 8.08. The quantitative estimate of drug-likeness (QED) is 0.278. The van der Waals surface area contributed by atoms with Crippen molar-refractivity contribution in [1.29, 1.82) is 0 Å². The topological polar surface area (TPSA) is 133 Å². The molecule has 1 atom stereocenters. The Balaban J connectivity index is 0. The van der Waals surface area contributed by atoms with Gasteiger partial charge >= 0.3 is 18.1 Å². The summed E-state index contributed by atoms with van der Waals surface area (Å²) in [5, 5.41) is 21.1. The lowest BCUT2D eigenvalue weighted by molar-refractivity contribution is -0.192. The van der Waals surface area contributed by atoms with Gasteiger partial charge in [0.15, 0.2) is 0 Å². The number of halogens is 3. The monoisotopic (exact) mass is 450 g/mol. The van der Waals surface area contributed by atoms with Crippen LogP contribution in [-0.2, 0) is 19.2 Å². The molecule has 0 bridgehead atoms. The number of alkyl halides is 3. The van der Waals surface area contributed by atoms with Crippen LogP contribution in [0.4, 0.5) is 13.2 Å². The summed E-state index contributed by atoms with van der Waals surface area (Å²) in [5.74, 6) is -2.38. The Bertz CT molecular complexity index is 518. The van der Waals surface area contributed by atoms with E-state index in [1.54, 1.807) is 0 Å². The maximum Gasteiger partial charge on any atom is 0.490 e. The zero-order chi connectivity index (χ0) is 22.3. The molecule has 0 aliphatic heterocycles. The molecule has 0 aromatic carbocycles. The highest BCUT2D eigenvalue weighted by molar-refractivity contribution is 8.76. The lowest BCUT2D eigenvalue weighted by Gasteiger charge is -2.19. The first kappa shape index (κ1) is 28.6. The van der Waals surface area contributed by atoms with Gasteiger partial charge in [0.05, 0.1) is 6.42 Å². The second kappa shape index (κ2) is 15.3. The number of rotatable bonds is 11. The van der Waals surface area contributed by atoms with Gasteiger partial charge in [0, 0.05) is 25.0 Å². The highest BCUT2D eigenvalue weighted by atomic mass is 33.1. The highest BCUT2D eigenvalue weighted by Gasteiger charge is 2.38. The zero-order valence-electron chi connectivity index (χ0n) is 15.7. The van der Waals surface area contributed by atoms with Gasteiger partial charge in [0.25, 0.3) is 0 Å². The molecule has 0 aromatic rings. The summed E-state index contributed by atoms with van der Waals surface area (Å²) in [6.45, 7) is 5.89. The predicted molar refractivity (Wildman–Crippen MR) is 101 cm³/mol. The largest absolute Gasteiger partial charge is 0.490 e.